The fraction of sp³-hybridized carbons (Fsp3) is 0.0204. The highest BCUT2D eigenvalue weighted by Crippen LogP contribution is 2.57. The van der Waals surface area contributed by atoms with Gasteiger partial charge in [-0.1, -0.05) is 151 Å². The van der Waals surface area contributed by atoms with Gasteiger partial charge in [0.1, 0.15) is 0 Å². The van der Waals surface area contributed by atoms with Crippen LogP contribution in [0.5, 0.6) is 0 Å². The fourth-order valence-corrected chi connectivity index (χ4v) is 8.19. The summed E-state index contributed by atoms with van der Waals surface area (Å²) in [6.07, 6.45) is 0. The summed E-state index contributed by atoms with van der Waals surface area (Å²) in [5.74, 6) is 0. The summed E-state index contributed by atoms with van der Waals surface area (Å²) in [6.45, 7) is 0. The molecule has 0 unspecified atom stereocenters. The molecule has 0 saturated heterocycles. The van der Waals surface area contributed by atoms with E-state index in [2.05, 4.69) is 204 Å². The van der Waals surface area contributed by atoms with Crippen molar-refractivity contribution in [3.05, 3.63) is 240 Å². The molecule has 8 aromatic rings. The van der Waals surface area contributed by atoms with E-state index in [0.717, 1.165) is 34.1 Å². The first kappa shape index (κ1) is 31.6. The van der Waals surface area contributed by atoms with Crippen LogP contribution in [0.2, 0.25) is 5.02 Å². The Kier molecular flexibility index (Phi) is 8.15. The first-order valence-corrected chi connectivity index (χ1v) is 18.0. The van der Waals surface area contributed by atoms with Crippen molar-refractivity contribution in [3.8, 4) is 11.1 Å². The van der Waals surface area contributed by atoms with E-state index in [-0.39, 0.29) is 0 Å². The van der Waals surface area contributed by atoms with E-state index in [1.54, 1.807) is 0 Å². The van der Waals surface area contributed by atoms with Crippen molar-refractivity contribution >= 4 is 45.7 Å². The van der Waals surface area contributed by atoms with Gasteiger partial charge in [-0.05, 0) is 106 Å². The Labute approximate surface area is 310 Å². The molecule has 1 aliphatic carbocycles. The quantitative estimate of drug-likeness (QED) is 0.157. The van der Waals surface area contributed by atoms with E-state index in [9.17, 15) is 0 Å². The van der Waals surface area contributed by atoms with Gasteiger partial charge in [-0.25, -0.2) is 0 Å². The lowest BCUT2D eigenvalue weighted by molar-refractivity contribution is 0.768. The van der Waals surface area contributed by atoms with Crippen molar-refractivity contribution in [2.45, 2.75) is 5.41 Å². The minimum absolute atomic E-state index is 0.510. The number of fused-ring (bicyclic) bond motifs is 3. The molecule has 0 bridgehead atoms. The van der Waals surface area contributed by atoms with Gasteiger partial charge in [0.25, 0.3) is 0 Å². The van der Waals surface area contributed by atoms with E-state index in [1.165, 1.54) is 33.4 Å². The molecule has 0 heterocycles. The van der Waals surface area contributed by atoms with E-state index in [4.69, 9.17) is 11.6 Å². The van der Waals surface area contributed by atoms with Crippen LogP contribution in [-0.4, -0.2) is 0 Å². The molecule has 1 aliphatic rings. The molecule has 0 atom stereocenters. The van der Waals surface area contributed by atoms with E-state index in [1.807, 2.05) is 18.2 Å². The topological polar surface area (TPSA) is 6.48 Å². The summed E-state index contributed by atoms with van der Waals surface area (Å²) < 4.78 is 0. The number of halogens is 1. The van der Waals surface area contributed by atoms with E-state index >= 15 is 0 Å². The molecule has 3 heteroatoms. The standard InChI is InChI=1S/C49H35ClN2/c50-38-21-15-26-41(33-38)52(43-28-16-27-42(34-43)51(39-22-9-3-10-23-39)40-24-11-4-12-25-40)44-31-32-46-45-29-13-14-30-47(45)49(48(46)35-44,36-17-5-1-6-18-36)37-19-7-2-8-20-37/h1-35H. The maximum Gasteiger partial charge on any atom is 0.0714 e. The molecular formula is C49H35ClN2. The highest BCUT2D eigenvalue weighted by molar-refractivity contribution is 6.30. The van der Waals surface area contributed by atoms with Gasteiger partial charge >= 0.3 is 0 Å². The van der Waals surface area contributed by atoms with Crippen molar-refractivity contribution < 1.29 is 0 Å². The summed E-state index contributed by atoms with van der Waals surface area (Å²) in [6, 6.07) is 75.7. The first-order valence-electron chi connectivity index (χ1n) is 17.6. The van der Waals surface area contributed by atoms with Gasteiger partial charge in [0, 0.05) is 39.1 Å². The second-order valence-corrected chi connectivity index (χ2v) is 13.5. The second kappa shape index (κ2) is 13.4. The van der Waals surface area contributed by atoms with Crippen LogP contribution in [0.1, 0.15) is 22.3 Å². The maximum absolute atomic E-state index is 6.73. The summed E-state index contributed by atoms with van der Waals surface area (Å²) in [7, 11) is 0. The lowest BCUT2D eigenvalue weighted by Crippen LogP contribution is -2.28. The largest absolute Gasteiger partial charge is 0.310 e. The normalized spacial score (nSPS) is 12.5. The number of para-hydroxylation sites is 2. The summed E-state index contributed by atoms with van der Waals surface area (Å²) in [5, 5.41) is 0.685. The van der Waals surface area contributed by atoms with Crippen molar-refractivity contribution in [1.82, 2.24) is 0 Å². The van der Waals surface area contributed by atoms with Crippen LogP contribution in [0.3, 0.4) is 0 Å². The molecule has 0 fully saturated rings. The van der Waals surface area contributed by atoms with Crippen molar-refractivity contribution in [2.75, 3.05) is 9.80 Å². The highest BCUT2D eigenvalue weighted by atomic mass is 35.5. The average Bonchev–Trinajstić information content (AvgIpc) is 3.50. The van der Waals surface area contributed by atoms with Gasteiger partial charge in [-0.3, -0.25) is 0 Å². The summed E-state index contributed by atoms with van der Waals surface area (Å²) >= 11 is 6.73. The molecular weight excluding hydrogens is 652 g/mol. The number of nitrogens with zero attached hydrogens (tertiary/aromatic N) is 2. The molecule has 8 aromatic carbocycles. The van der Waals surface area contributed by atoms with Crippen LogP contribution < -0.4 is 9.80 Å². The van der Waals surface area contributed by atoms with Crippen LogP contribution in [0.25, 0.3) is 11.1 Å². The summed E-state index contributed by atoms with van der Waals surface area (Å²) in [4.78, 5) is 4.63. The van der Waals surface area contributed by atoms with Crippen LogP contribution in [0.4, 0.5) is 34.1 Å². The fourth-order valence-electron chi connectivity index (χ4n) is 8.01. The SMILES string of the molecule is Clc1cccc(N(c2cccc(N(c3ccccc3)c3ccccc3)c2)c2ccc3c(c2)C(c2ccccc2)(c2ccccc2)c2ccccc2-3)c1. The van der Waals surface area contributed by atoms with Crippen LogP contribution in [-0.2, 0) is 5.41 Å². The maximum atomic E-state index is 6.73. The molecule has 0 spiro atoms. The molecule has 2 nitrogen and oxygen atoms in total. The Morgan fingerprint density at radius 3 is 1.31 bits per heavy atom. The molecule has 0 aromatic heterocycles. The zero-order chi connectivity index (χ0) is 34.9. The number of rotatable bonds is 8. The van der Waals surface area contributed by atoms with Crippen LogP contribution in [0.15, 0.2) is 212 Å². The Balaban J connectivity index is 1.28. The Bertz CT molecular complexity index is 2400. The molecule has 248 valence electrons. The van der Waals surface area contributed by atoms with E-state index < -0.39 is 5.41 Å². The third-order valence-corrected chi connectivity index (χ3v) is 10.4. The first-order chi connectivity index (χ1) is 25.7. The van der Waals surface area contributed by atoms with E-state index in [0.29, 0.717) is 5.02 Å². The Morgan fingerprint density at radius 2 is 0.731 bits per heavy atom. The predicted octanol–water partition coefficient (Wildman–Crippen LogP) is 13.6. The van der Waals surface area contributed by atoms with Crippen LogP contribution >= 0.6 is 11.6 Å². The van der Waals surface area contributed by atoms with Gasteiger partial charge in [-0.2, -0.15) is 0 Å². The molecule has 0 amide bonds. The average molecular weight is 687 g/mol. The van der Waals surface area contributed by atoms with Gasteiger partial charge in [0.2, 0.25) is 0 Å². The molecule has 9 rings (SSSR count). The zero-order valence-electron chi connectivity index (χ0n) is 28.5. The molecule has 0 saturated carbocycles. The van der Waals surface area contributed by atoms with Crippen molar-refractivity contribution in [3.63, 3.8) is 0 Å². The Hall–Kier alpha value is -6.35. The van der Waals surface area contributed by atoms with Crippen molar-refractivity contribution in [1.29, 1.82) is 0 Å². The smallest absolute Gasteiger partial charge is 0.0714 e. The predicted molar refractivity (Wildman–Crippen MR) is 218 cm³/mol. The van der Waals surface area contributed by atoms with Gasteiger partial charge in [-0.15, -0.1) is 0 Å². The minimum Gasteiger partial charge on any atom is -0.310 e. The van der Waals surface area contributed by atoms with Crippen molar-refractivity contribution in [2.24, 2.45) is 0 Å². The monoisotopic (exact) mass is 686 g/mol. The Morgan fingerprint density at radius 1 is 0.308 bits per heavy atom. The molecule has 0 aliphatic heterocycles. The number of benzene rings is 8. The zero-order valence-corrected chi connectivity index (χ0v) is 29.2. The highest BCUT2D eigenvalue weighted by Gasteiger charge is 2.46. The minimum atomic E-state index is -0.510. The number of anilines is 6. The number of hydrogen-bond acceptors (Lipinski definition) is 2. The summed E-state index contributed by atoms with van der Waals surface area (Å²) in [5.41, 5.74) is 13.3. The van der Waals surface area contributed by atoms with Gasteiger partial charge < -0.3 is 9.80 Å². The molecule has 0 radical (unpaired) electrons. The molecule has 52 heavy (non-hydrogen) atoms. The lowest BCUT2D eigenvalue weighted by Gasteiger charge is -2.35. The third-order valence-electron chi connectivity index (χ3n) is 10.1. The number of hydrogen-bond donors (Lipinski definition) is 0. The van der Waals surface area contributed by atoms with Gasteiger partial charge in [0.15, 0.2) is 0 Å². The van der Waals surface area contributed by atoms with Crippen LogP contribution in [0, 0.1) is 0 Å². The third kappa shape index (κ3) is 5.37. The molecule has 0 N–H and O–H groups in total. The lowest BCUT2D eigenvalue weighted by atomic mass is 9.67. The second-order valence-electron chi connectivity index (χ2n) is 13.1. The van der Waals surface area contributed by atoms with Gasteiger partial charge in [0.05, 0.1) is 5.41 Å².